The molecule has 0 fully saturated rings. The maximum absolute atomic E-state index is 8.28. The lowest BCUT2D eigenvalue weighted by molar-refractivity contribution is 1.51. The van der Waals surface area contributed by atoms with Crippen LogP contribution in [0.3, 0.4) is 0 Å². The van der Waals surface area contributed by atoms with Gasteiger partial charge in [0.25, 0.3) is 0 Å². The van der Waals surface area contributed by atoms with Crippen LogP contribution in [0, 0.1) is 11.3 Å². The molecule has 0 saturated heterocycles. The number of halogens is 1. The second-order valence-corrected chi connectivity index (χ2v) is 2.10. The second kappa shape index (κ2) is 3.33. The van der Waals surface area contributed by atoms with Crippen molar-refractivity contribution in [1.29, 1.82) is 5.26 Å². The maximum atomic E-state index is 8.28. The zero-order valence-corrected chi connectivity index (χ0v) is 6.13. The largest absolute Gasteiger partial charge is 0.397 e. The highest BCUT2D eigenvalue weighted by Crippen LogP contribution is 2.14. The molecule has 0 aromatic carbocycles. The van der Waals surface area contributed by atoms with E-state index in [1.165, 1.54) is 11.3 Å². The van der Waals surface area contributed by atoms with E-state index in [1.807, 2.05) is 6.07 Å². The summed E-state index contributed by atoms with van der Waals surface area (Å²) in [6.07, 6.45) is 0. The quantitative estimate of drug-likeness (QED) is 0.627. The Hall–Kier alpha value is -0.720. The Kier molecular flexibility index (Phi) is 3.07. The van der Waals surface area contributed by atoms with E-state index in [4.69, 9.17) is 11.0 Å². The van der Waals surface area contributed by atoms with Gasteiger partial charge in [0.15, 0.2) is 0 Å². The highest BCUT2D eigenvalue weighted by Gasteiger charge is 1.93. The van der Waals surface area contributed by atoms with Gasteiger partial charge in [-0.25, -0.2) is 0 Å². The van der Waals surface area contributed by atoms with Crippen LogP contribution >= 0.6 is 23.7 Å². The van der Waals surface area contributed by atoms with Crippen molar-refractivity contribution < 1.29 is 0 Å². The van der Waals surface area contributed by atoms with Gasteiger partial charge in [0.1, 0.15) is 6.07 Å². The van der Waals surface area contributed by atoms with E-state index in [2.05, 4.69) is 0 Å². The molecule has 0 bridgehead atoms. The molecule has 1 rings (SSSR count). The number of hydrogen-bond donors (Lipinski definition) is 1. The molecule has 0 aliphatic heterocycles. The summed E-state index contributed by atoms with van der Waals surface area (Å²) >= 11 is 1.44. The number of nitrogens with two attached hydrogens (primary N) is 1. The maximum Gasteiger partial charge on any atom is 0.102 e. The van der Waals surface area contributed by atoms with Gasteiger partial charge in [-0.1, -0.05) is 0 Å². The van der Waals surface area contributed by atoms with Crippen LogP contribution in [0.1, 0.15) is 5.56 Å². The predicted octanol–water partition coefficient (Wildman–Crippen LogP) is 1.62. The first-order valence-corrected chi connectivity index (χ1v) is 3.00. The minimum Gasteiger partial charge on any atom is -0.397 e. The van der Waals surface area contributed by atoms with E-state index in [1.54, 1.807) is 10.8 Å². The normalized spacial score (nSPS) is 7.44. The van der Waals surface area contributed by atoms with E-state index in [9.17, 15) is 0 Å². The van der Waals surface area contributed by atoms with Crippen LogP contribution in [0.4, 0.5) is 5.69 Å². The lowest BCUT2D eigenvalue weighted by Gasteiger charge is -1.78. The monoisotopic (exact) mass is 160 g/mol. The fourth-order valence-corrected chi connectivity index (χ4v) is 1.06. The van der Waals surface area contributed by atoms with E-state index in [-0.39, 0.29) is 12.4 Å². The SMILES string of the molecule is Cl.N#Cc1cscc1N. The van der Waals surface area contributed by atoms with Crippen molar-refractivity contribution in [3.8, 4) is 6.07 Å². The number of anilines is 1. The van der Waals surface area contributed by atoms with Gasteiger partial charge in [-0.05, 0) is 0 Å². The Morgan fingerprint density at radius 1 is 1.56 bits per heavy atom. The van der Waals surface area contributed by atoms with Crippen LogP contribution in [0.15, 0.2) is 10.8 Å². The summed E-state index contributed by atoms with van der Waals surface area (Å²) in [5.41, 5.74) is 6.50. The lowest BCUT2D eigenvalue weighted by Crippen LogP contribution is -1.81. The summed E-state index contributed by atoms with van der Waals surface area (Å²) in [4.78, 5) is 0. The fraction of sp³-hybridized carbons (Fsp3) is 0. The van der Waals surface area contributed by atoms with Gasteiger partial charge < -0.3 is 5.73 Å². The number of rotatable bonds is 0. The van der Waals surface area contributed by atoms with Gasteiger partial charge in [0, 0.05) is 10.8 Å². The van der Waals surface area contributed by atoms with E-state index >= 15 is 0 Å². The third kappa shape index (κ3) is 1.60. The fourth-order valence-electron chi connectivity index (χ4n) is 0.398. The van der Waals surface area contributed by atoms with Gasteiger partial charge in [0.05, 0.1) is 11.3 Å². The summed E-state index contributed by atoms with van der Waals surface area (Å²) < 4.78 is 0. The van der Waals surface area contributed by atoms with E-state index in [0.29, 0.717) is 11.3 Å². The predicted molar refractivity (Wildman–Crippen MR) is 40.7 cm³/mol. The Labute approximate surface area is 63.3 Å². The summed E-state index contributed by atoms with van der Waals surface area (Å²) in [7, 11) is 0. The van der Waals surface area contributed by atoms with Gasteiger partial charge >= 0.3 is 0 Å². The number of nitrogens with zero attached hydrogens (tertiary/aromatic N) is 1. The average molecular weight is 161 g/mol. The smallest absolute Gasteiger partial charge is 0.102 e. The molecule has 48 valence electrons. The highest BCUT2D eigenvalue weighted by molar-refractivity contribution is 7.08. The molecule has 0 aliphatic rings. The van der Waals surface area contributed by atoms with Crippen molar-refractivity contribution in [3.05, 3.63) is 16.3 Å². The minimum atomic E-state index is 0. The molecule has 0 radical (unpaired) electrons. The number of nitriles is 1. The molecule has 1 heterocycles. The molecule has 0 amide bonds. The number of hydrogen-bond acceptors (Lipinski definition) is 3. The second-order valence-electron chi connectivity index (χ2n) is 1.35. The Balaban J connectivity index is 0.000000640. The summed E-state index contributed by atoms with van der Waals surface area (Å²) in [5.74, 6) is 0. The van der Waals surface area contributed by atoms with Crippen LogP contribution in [-0.4, -0.2) is 0 Å². The van der Waals surface area contributed by atoms with Crippen molar-refractivity contribution in [2.75, 3.05) is 5.73 Å². The van der Waals surface area contributed by atoms with Crippen molar-refractivity contribution in [3.63, 3.8) is 0 Å². The highest BCUT2D eigenvalue weighted by atomic mass is 35.5. The molecule has 0 atom stereocenters. The van der Waals surface area contributed by atoms with Crippen molar-refractivity contribution in [2.24, 2.45) is 0 Å². The first kappa shape index (κ1) is 8.28. The topological polar surface area (TPSA) is 49.8 Å². The van der Waals surface area contributed by atoms with Crippen LogP contribution < -0.4 is 5.73 Å². The van der Waals surface area contributed by atoms with Crippen LogP contribution in [0.25, 0.3) is 0 Å². The number of nitrogen functional groups attached to an aromatic ring is 1. The molecule has 2 N–H and O–H groups in total. The van der Waals surface area contributed by atoms with E-state index < -0.39 is 0 Å². The first-order valence-electron chi connectivity index (χ1n) is 2.06. The van der Waals surface area contributed by atoms with E-state index in [0.717, 1.165) is 0 Å². The Morgan fingerprint density at radius 3 is 2.44 bits per heavy atom. The Bertz CT molecular complexity index is 225. The lowest BCUT2D eigenvalue weighted by atomic mass is 10.3. The molecule has 4 heteroatoms. The molecule has 0 unspecified atom stereocenters. The zero-order valence-electron chi connectivity index (χ0n) is 4.50. The summed E-state index contributed by atoms with van der Waals surface area (Å²) in [6.45, 7) is 0. The first-order chi connectivity index (χ1) is 3.84. The van der Waals surface area contributed by atoms with Gasteiger partial charge in [0.2, 0.25) is 0 Å². The van der Waals surface area contributed by atoms with Crippen molar-refractivity contribution in [2.45, 2.75) is 0 Å². The molecule has 1 aromatic rings. The van der Waals surface area contributed by atoms with Gasteiger partial charge in [-0.3, -0.25) is 0 Å². The summed E-state index contributed by atoms with van der Waals surface area (Å²) in [5, 5.41) is 11.8. The summed E-state index contributed by atoms with van der Waals surface area (Å²) in [6, 6.07) is 1.96. The molecule has 9 heavy (non-hydrogen) atoms. The van der Waals surface area contributed by atoms with Crippen LogP contribution in [0.2, 0.25) is 0 Å². The standard InChI is InChI=1S/C5H4N2S.ClH/c6-1-4-2-8-3-5(4)7;/h2-3H,7H2;1H. The average Bonchev–Trinajstić information content (AvgIpc) is 2.14. The third-order valence-corrected chi connectivity index (χ3v) is 1.57. The van der Waals surface area contributed by atoms with Gasteiger partial charge in [-0.15, -0.1) is 23.7 Å². The third-order valence-electron chi connectivity index (χ3n) is 0.812. The molecule has 2 nitrogen and oxygen atoms in total. The number of thiophene rings is 1. The molecule has 0 saturated carbocycles. The van der Waals surface area contributed by atoms with Crippen molar-refractivity contribution in [1.82, 2.24) is 0 Å². The molecule has 1 aromatic heterocycles. The minimum absolute atomic E-state index is 0. The van der Waals surface area contributed by atoms with Crippen LogP contribution in [-0.2, 0) is 0 Å². The van der Waals surface area contributed by atoms with Crippen LogP contribution in [0.5, 0.6) is 0 Å². The van der Waals surface area contributed by atoms with Crippen molar-refractivity contribution >= 4 is 29.4 Å². The van der Waals surface area contributed by atoms with Gasteiger partial charge in [-0.2, -0.15) is 5.26 Å². The zero-order chi connectivity index (χ0) is 5.98. The molecule has 0 aliphatic carbocycles. The Morgan fingerprint density at radius 2 is 2.22 bits per heavy atom. The molecule has 0 spiro atoms. The molecular formula is C5H5ClN2S. The molecular weight excluding hydrogens is 156 g/mol.